The Bertz CT molecular complexity index is 755. The molecule has 1 aliphatic heterocycles. The molecule has 0 saturated carbocycles. The number of hydrogen-bond donors (Lipinski definition) is 0. The maximum atomic E-state index is 12.4. The molecule has 0 saturated heterocycles. The average Bonchev–Trinajstić information content (AvgIpc) is 2.60. The molecule has 0 amide bonds. The van der Waals surface area contributed by atoms with E-state index in [1.807, 2.05) is 30.3 Å². The predicted octanol–water partition coefficient (Wildman–Crippen LogP) is 4.08. The van der Waals surface area contributed by atoms with E-state index >= 15 is 0 Å². The van der Waals surface area contributed by atoms with Gasteiger partial charge in [0.1, 0.15) is 17.6 Å². The average molecular weight is 309 g/mol. The first-order valence-corrected chi connectivity index (χ1v) is 7.30. The van der Waals surface area contributed by atoms with Crippen molar-refractivity contribution in [3.05, 3.63) is 70.1 Å². The number of carbonyl (C=O) groups excluding carboxylic acids is 1. The van der Waals surface area contributed by atoms with Gasteiger partial charge in [-0.3, -0.25) is 4.79 Å². The number of azide groups is 1. The van der Waals surface area contributed by atoms with E-state index in [-0.39, 0.29) is 25.0 Å². The zero-order chi connectivity index (χ0) is 16.1. The van der Waals surface area contributed by atoms with E-state index in [1.165, 1.54) is 0 Å². The topological polar surface area (TPSA) is 84.3 Å². The van der Waals surface area contributed by atoms with Crippen molar-refractivity contribution in [2.45, 2.75) is 12.5 Å². The molecule has 3 rings (SSSR count). The normalized spacial score (nSPS) is 16.0. The van der Waals surface area contributed by atoms with Crippen molar-refractivity contribution >= 4 is 5.78 Å². The highest BCUT2D eigenvalue weighted by molar-refractivity contribution is 6.00. The summed E-state index contributed by atoms with van der Waals surface area (Å²) in [4.78, 5) is 15.1. The maximum absolute atomic E-state index is 12.4. The Kier molecular flexibility index (Phi) is 4.45. The zero-order valence-corrected chi connectivity index (χ0v) is 12.4. The van der Waals surface area contributed by atoms with Gasteiger partial charge in [-0.05, 0) is 29.3 Å². The molecular weight excluding hydrogens is 294 g/mol. The Labute approximate surface area is 133 Å². The fraction of sp³-hybridized carbons (Fsp3) is 0.235. The summed E-state index contributed by atoms with van der Waals surface area (Å²) in [7, 11) is 0. The smallest absolute Gasteiger partial charge is 0.170 e. The standard InChI is InChI=1S/C17H15N3O3/c18-20-19-8-9-22-13-6-7-16-14(10-13)15(21)11-17(23-16)12-4-2-1-3-5-12/h1-7,10,17H,8-9,11H2. The minimum atomic E-state index is -0.257. The molecule has 0 radical (unpaired) electrons. The second-order valence-electron chi connectivity index (χ2n) is 5.11. The van der Waals surface area contributed by atoms with Gasteiger partial charge in [-0.15, -0.1) is 0 Å². The second-order valence-corrected chi connectivity index (χ2v) is 5.11. The largest absolute Gasteiger partial charge is 0.493 e. The van der Waals surface area contributed by atoms with Crippen molar-refractivity contribution < 1.29 is 14.3 Å². The molecule has 0 bridgehead atoms. The lowest BCUT2D eigenvalue weighted by molar-refractivity contribution is 0.0849. The number of hydrogen-bond acceptors (Lipinski definition) is 4. The second kappa shape index (κ2) is 6.85. The van der Waals surface area contributed by atoms with Crippen LogP contribution in [0.15, 0.2) is 53.6 Å². The summed E-state index contributed by atoms with van der Waals surface area (Å²) >= 11 is 0. The first-order chi connectivity index (χ1) is 11.3. The van der Waals surface area contributed by atoms with Gasteiger partial charge in [0.05, 0.1) is 25.1 Å². The van der Waals surface area contributed by atoms with Crippen LogP contribution in [0.4, 0.5) is 0 Å². The molecule has 2 aromatic rings. The Hall–Kier alpha value is -2.98. The van der Waals surface area contributed by atoms with E-state index in [0.29, 0.717) is 23.5 Å². The van der Waals surface area contributed by atoms with Crippen LogP contribution in [-0.4, -0.2) is 18.9 Å². The van der Waals surface area contributed by atoms with Crippen LogP contribution in [-0.2, 0) is 0 Å². The Morgan fingerprint density at radius 3 is 2.87 bits per heavy atom. The van der Waals surface area contributed by atoms with Gasteiger partial charge in [0.25, 0.3) is 0 Å². The van der Waals surface area contributed by atoms with Crippen LogP contribution in [0.5, 0.6) is 11.5 Å². The maximum Gasteiger partial charge on any atom is 0.170 e. The molecule has 0 aromatic heterocycles. The number of Topliss-reactive ketones (excluding diaryl/α,β-unsaturated/α-hetero) is 1. The molecule has 1 aliphatic rings. The summed E-state index contributed by atoms with van der Waals surface area (Å²) in [5.74, 6) is 1.16. The van der Waals surface area contributed by atoms with Crippen LogP contribution in [0.3, 0.4) is 0 Å². The minimum Gasteiger partial charge on any atom is -0.493 e. The van der Waals surface area contributed by atoms with E-state index in [0.717, 1.165) is 5.56 Å². The lowest BCUT2D eigenvalue weighted by Crippen LogP contribution is -2.20. The molecule has 2 aromatic carbocycles. The van der Waals surface area contributed by atoms with Crippen LogP contribution in [0.2, 0.25) is 0 Å². The monoisotopic (exact) mass is 309 g/mol. The third kappa shape index (κ3) is 3.44. The summed E-state index contributed by atoms with van der Waals surface area (Å²) < 4.78 is 11.4. The predicted molar refractivity (Wildman–Crippen MR) is 84.7 cm³/mol. The number of rotatable bonds is 5. The number of fused-ring (bicyclic) bond motifs is 1. The summed E-state index contributed by atoms with van der Waals surface area (Å²) in [5.41, 5.74) is 9.73. The molecule has 23 heavy (non-hydrogen) atoms. The SMILES string of the molecule is [N-]=[N+]=NCCOc1ccc2c(c1)C(=O)CC(c1ccccc1)O2. The third-order valence-electron chi connectivity index (χ3n) is 3.59. The number of carbonyl (C=O) groups is 1. The minimum absolute atomic E-state index is 0.0283. The van der Waals surface area contributed by atoms with Crippen molar-refractivity contribution in [1.29, 1.82) is 0 Å². The number of benzene rings is 2. The van der Waals surface area contributed by atoms with Gasteiger partial charge in [-0.2, -0.15) is 0 Å². The fourth-order valence-electron chi connectivity index (χ4n) is 2.50. The van der Waals surface area contributed by atoms with Crippen LogP contribution in [0.1, 0.15) is 28.4 Å². The Morgan fingerprint density at radius 1 is 1.26 bits per heavy atom. The summed E-state index contributed by atoms with van der Waals surface area (Å²) in [5, 5.41) is 3.40. The Morgan fingerprint density at radius 2 is 2.09 bits per heavy atom. The van der Waals surface area contributed by atoms with E-state index in [1.54, 1.807) is 18.2 Å². The van der Waals surface area contributed by atoms with E-state index in [2.05, 4.69) is 10.0 Å². The van der Waals surface area contributed by atoms with Crippen molar-refractivity contribution in [1.82, 2.24) is 0 Å². The molecule has 0 spiro atoms. The fourth-order valence-corrected chi connectivity index (χ4v) is 2.50. The highest BCUT2D eigenvalue weighted by Crippen LogP contribution is 2.36. The van der Waals surface area contributed by atoms with Gasteiger partial charge < -0.3 is 9.47 Å². The van der Waals surface area contributed by atoms with Crippen LogP contribution in [0.25, 0.3) is 10.4 Å². The molecule has 1 heterocycles. The molecule has 0 fully saturated rings. The van der Waals surface area contributed by atoms with E-state index in [4.69, 9.17) is 15.0 Å². The van der Waals surface area contributed by atoms with Gasteiger partial charge in [0.2, 0.25) is 0 Å². The highest BCUT2D eigenvalue weighted by atomic mass is 16.5. The molecule has 1 unspecified atom stereocenters. The zero-order valence-electron chi connectivity index (χ0n) is 12.4. The van der Waals surface area contributed by atoms with Gasteiger partial charge in [0, 0.05) is 4.91 Å². The molecular formula is C17H15N3O3. The van der Waals surface area contributed by atoms with Crippen molar-refractivity contribution in [3.8, 4) is 11.5 Å². The van der Waals surface area contributed by atoms with Gasteiger partial charge in [-0.25, -0.2) is 0 Å². The van der Waals surface area contributed by atoms with Crippen LogP contribution < -0.4 is 9.47 Å². The van der Waals surface area contributed by atoms with Gasteiger partial charge in [0.15, 0.2) is 5.78 Å². The third-order valence-corrected chi connectivity index (χ3v) is 3.59. The van der Waals surface area contributed by atoms with Gasteiger partial charge >= 0.3 is 0 Å². The molecule has 0 aliphatic carbocycles. The number of ketones is 1. The van der Waals surface area contributed by atoms with E-state index < -0.39 is 0 Å². The molecule has 6 heteroatoms. The van der Waals surface area contributed by atoms with Crippen LogP contribution >= 0.6 is 0 Å². The molecule has 0 N–H and O–H groups in total. The molecule has 6 nitrogen and oxygen atoms in total. The summed E-state index contributed by atoms with van der Waals surface area (Å²) in [6, 6.07) is 14.9. The highest BCUT2D eigenvalue weighted by Gasteiger charge is 2.27. The number of ether oxygens (including phenoxy) is 2. The molecule has 116 valence electrons. The lowest BCUT2D eigenvalue weighted by Gasteiger charge is -2.25. The lowest BCUT2D eigenvalue weighted by atomic mass is 9.96. The first kappa shape index (κ1) is 14.9. The van der Waals surface area contributed by atoms with Crippen molar-refractivity contribution in [3.63, 3.8) is 0 Å². The van der Waals surface area contributed by atoms with Crippen molar-refractivity contribution in [2.75, 3.05) is 13.2 Å². The first-order valence-electron chi connectivity index (χ1n) is 7.30. The number of nitrogens with zero attached hydrogens (tertiary/aromatic N) is 3. The quantitative estimate of drug-likeness (QED) is 0.361. The van der Waals surface area contributed by atoms with Crippen molar-refractivity contribution in [2.24, 2.45) is 5.11 Å². The molecule has 1 atom stereocenters. The Balaban J connectivity index is 1.75. The summed E-state index contributed by atoms with van der Waals surface area (Å²) in [6.45, 7) is 0.513. The van der Waals surface area contributed by atoms with Gasteiger partial charge in [-0.1, -0.05) is 35.4 Å². The van der Waals surface area contributed by atoms with Crippen LogP contribution in [0, 0.1) is 0 Å². The van der Waals surface area contributed by atoms with E-state index in [9.17, 15) is 4.79 Å². The summed E-state index contributed by atoms with van der Waals surface area (Å²) in [6.07, 6.45) is 0.0482.